The van der Waals surface area contributed by atoms with Gasteiger partial charge in [0.05, 0.1) is 11.0 Å². The standard InChI is InChI=1S/C57H39N3/c1-2-15-43(16-3-1)60-56(58-57(60)42-27-30-46-40(32-42)23-22-36-12-6-7-17-45(36)46)37-24-28-44(29-25-37)59-53-35-41(55-50-20-10-8-18-47(50)48-19-9-11-21-51(48)55)26-31-49(53)52-33-38-13-4-5-14-39(38)34-54(52)59/h1-35,55-58H/p+1. The Hall–Kier alpha value is -7.30. The van der Waals surface area contributed by atoms with Crippen LogP contribution in [-0.4, -0.2) is 4.57 Å². The second-order valence-electron chi connectivity index (χ2n) is 16.6. The SMILES string of the molecule is c1ccc([NH+]2C(c3ccc(-n4c5cc(C6c7ccccc7-c7ccccc76)ccc5c5cc6ccccc6cc54)cc3)NC2c2ccc3c(ccc4ccccc43)c2)cc1. The highest BCUT2D eigenvalue weighted by Crippen LogP contribution is 2.49. The molecule has 3 nitrogen and oxygen atoms in total. The zero-order valence-electron chi connectivity index (χ0n) is 32.9. The highest BCUT2D eigenvalue weighted by Gasteiger charge is 2.45. The molecule has 2 heterocycles. The third-order valence-electron chi connectivity index (χ3n) is 13.5. The van der Waals surface area contributed by atoms with E-state index in [0.717, 1.165) is 5.69 Å². The summed E-state index contributed by atoms with van der Waals surface area (Å²) < 4.78 is 2.49. The average Bonchev–Trinajstić information content (AvgIpc) is 3.80. The topological polar surface area (TPSA) is 21.4 Å². The molecule has 0 spiro atoms. The Balaban J connectivity index is 0.919. The van der Waals surface area contributed by atoms with Crippen molar-refractivity contribution in [2.24, 2.45) is 0 Å². The molecule has 2 aliphatic rings. The van der Waals surface area contributed by atoms with Gasteiger partial charge >= 0.3 is 0 Å². The second kappa shape index (κ2) is 13.1. The van der Waals surface area contributed by atoms with E-state index in [4.69, 9.17) is 0 Å². The lowest BCUT2D eigenvalue weighted by Crippen LogP contribution is -3.19. The Morgan fingerprint density at radius 3 is 1.72 bits per heavy atom. The van der Waals surface area contributed by atoms with E-state index in [2.05, 4.69) is 222 Å². The fraction of sp³-hybridized carbons (Fsp3) is 0.0526. The molecule has 3 atom stereocenters. The molecule has 0 amide bonds. The largest absolute Gasteiger partial charge is 0.309 e. The van der Waals surface area contributed by atoms with Gasteiger partial charge in [-0.1, -0.05) is 152 Å². The van der Waals surface area contributed by atoms with Gasteiger partial charge in [-0.15, -0.1) is 0 Å². The zero-order valence-corrected chi connectivity index (χ0v) is 32.9. The first-order valence-corrected chi connectivity index (χ1v) is 21.1. The lowest BCUT2D eigenvalue weighted by molar-refractivity contribution is -0.962. The van der Waals surface area contributed by atoms with Crippen molar-refractivity contribution in [2.75, 3.05) is 0 Å². The van der Waals surface area contributed by atoms with Gasteiger partial charge in [-0.05, 0) is 121 Å². The number of benzene rings is 10. The Kier molecular flexibility index (Phi) is 7.35. The summed E-state index contributed by atoms with van der Waals surface area (Å²) in [6, 6.07) is 79.1. The van der Waals surface area contributed by atoms with Gasteiger partial charge in [0, 0.05) is 33.5 Å². The van der Waals surface area contributed by atoms with Gasteiger partial charge in [-0.3, -0.25) is 4.90 Å². The predicted octanol–water partition coefficient (Wildman–Crippen LogP) is 12.9. The van der Waals surface area contributed by atoms with Crippen LogP contribution in [-0.2, 0) is 0 Å². The van der Waals surface area contributed by atoms with E-state index in [9.17, 15) is 0 Å². The molecule has 1 aliphatic heterocycles. The number of nitrogens with one attached hydrogen (secondary N) is 2. The summed E-state index contributed by atoms with van der Waals surface area (Å²) in [6.45, 7) is 0. The van der Waals surface area contributed by atoms with Gasteiger partial charge < -0.3 is 4.57 Å². The minimum atomic E-state index is 0.106. The number of rotatable bonds is 5. The molecular weight excluding hydrogens is 727 g/mol. The summed E-state index contributed by atoms with van der Waals surface area (Å²) in [7, 11) is 0. The second-order valence-corrected chi connectivity index (χ2v) is 16.6. The minimum Gasteiger partial charge on any atom is -0.309 e. The summed E-state index contributed by atoms with van der Waals surface area (Å²) in [4.78, 5) is 1.41. The Morgan fingerprint density at radius 2 is 0.933 bits per heavy atom. The Morgan fingerprint density at radius 1 is 0.367 bits per heavy atom. The van der Waals surface area contributed by atoms with E-state index >= 15 is 0 Å². The van der Waals surface area contributed by atoms with Gasteiger partial charge in [-0.25, -0.2) is 5.32 Å². The van der Waals surface area contributed by atoms with Crippen molar-refractivity contribution in [2.45, 2.75) is 18.2 Å². The molecule has 1 aliphatic carbocycles. The zero-order chi connectivity index (χ0) is 39.3. The number of fused-ring (bicyclic) bond motifs is 10. The molecule has 2 N–H and O–H groups in total. The summed E-state index contributed by atoms with van der Waals surface area (Å²) in [5, 5.41) is 14.2. The van der Waals surface area contributed by atoms with Crippen LogP contribution >= 0.6 is 0 Å². The van der Waals surface area contributed by atoms with Crippen molar-refractivity contribution in [3.63, 3.8) is 0 Å². The number of nitrogens with zero attached hydrogens (tertiary/aromatic N) is 1. The van der Waals surface area contributed by atoms with Crippen molar-refractivity contribution in [3.8, 4) is 16.8 Å². The van der Waals surface area contributed by atoms with Gasteiger partial charge in [0.15, 0.2) is 12.3 Å². The van der Waals surface area contributed by atoms with E-state index in [1.807, 2.05) is 0 Å². The van der Waals surface area contributed by atoms with Crippen molar-refractivity contribution in [1.82, 2.24) is 9.88 Å². The van der Waals surface area contributed by atoms with Crippen LogP contribution in [0.5, 0.6) is 0 Å². The first kappa shape index (κ1) is 33.6. The highest BCUT2D eigenvalue weighted by atomic mass is 15.5. The smallest absolute Gasteiger partial charge is 0.178 e. The maximum atomic E-state index is 4.01. The average molecular weight is 767 g/mol. The van der Waals surface area contributed by atoms with E-state index in [1.54, 1.807) is 0 Å². The van der Waals surface area contributed by atoms with Crippen molar-refractivity contribution in [1.29, 1.82) is 0 Å². The van der Waals surface area contributed by atoms with Crippen LogP contribution < -0.4 is 10.2 Å². The third kappa shape index (κ3) is 5.04. The van der Waals surface area contributed by atoms with E-state index in [-0.39, 0.29) is 18.2 Å². The first-order chi connectivity index (χ1) is 29.7. The maximum Gasteiger partial charge on any atom is 0.178 e. The number of quaternary nitrogens is 1. The highest BCUT2D eigenvalue weighted by molar-refractivity contribution is 6.14. The Bertz CT molecular complexity index is 3450. The molecular formula is C57H40N3+. The fourth-order valence-electron chi connectivity index (χ4n) is 10.7. The first-order valence-electron chi connectivity index (χ1n) is 21.1. The number of hydrogen-bond donors (Lipinski definition) is 2. The number of aromatic nitrogens is 1. The van der Waals surface area contributed by atoms with E-state index < -0.39 is 0 Å². The third-order valence-corrected chi connectivity index (χ3v) is 13.5. The van der Waals surface area contributed by atoms with Crippen LogP contribution in [0.3, 0.4) is 0 Å². The maximum absolute atomic E-state index is 4.01. The molecule has 0 saturated carbocycles. The van der Waals surface area contributed by atoms with Gasteiger partial charge in [0.2, 0.25) is 0 Å². The normalized spacial score (nSPS) is 17.4. The van der Waals surface area contributed by atoms with E-state index in [1.165, 1.54) is 104 Å². The number of para-hydroxylation sites is 1. The lowest BCUT2D eigenvalue weighted by atomic mass is 9.89. The molecule has 11 aromatic rings. The summed E-state index contributed by atoms with van der Waals surface area (Å²) in [5.41, 5.74) is 14.2. The molecule has 1 fully saturated rings. The molecule has 3 unspecified atom stereocenters. The van der Waals surface area contributed by atoms with Gasteiger partial charge in [0.25, 0.3) is 0 Å². The summed E-state index contributed by atoms with van der Waals surface area (Å²) in [6.07, 6.45) is 0.234. The van der Waals surface area contributed by atoms with Crippen LogP contribution in [0.2, 0.25) is 0 Å². The summed E-state index contributed by atoms with van der Waals surface area (Å²) in [5.74, 6) is 0.182. The minimum absolute atomic E-state index is 0.106. The predicted molar refractivity (Wildman–Crippen MR) is 248 cm³/mol. The molecule has 1 saturated heterocycles. The molecule has 60 heavy (non-hydrogen) atoms. The van der Waals surface area contributed by atoms with Crippen LogP contribution in [0.25, 0.3) is 70.9 Å². The lowest BCUT2D eigenvalue weighted by Gasteiger charge is -2.45. The van der Waals surface area contributed by atoms with Crippen molar-refractivity contribution < 1.29 is 4.90 Å². The van der Waals surface area contributed by atoms with E-state index in [0.29, 0.717) is 0 Å². The molecule has 13 rings (SSSR count). The van der Waals surface area contributed by atoms with Gasteiger partial charge in [-0.2, -0.15) is 0 Å². The van der Waals surface area contributed by atoms with Crippen molar-refractivity contribution in [3.05, 3.63) is 240 Å². The van der Waals surface area contributed by atoms with Crippen LogP contribution in [0.4, 0.5) is 5.69 Å². The molecule has 282 valence electrons. The molecule has 1 aromatic heterocycles. The summed E-state index contributed by atoms with van der Waals surface area (Å²) >= 11 is 0. The molecule has 0 bridgehead atoms. The van der Waals surface area contributed by atoms with Crippen LogP contribution in [0.1, 0.15) is 46.1 Å². The van der Waals surface area contributed by atoms with Crippen LogP contribution in [0.15, 0.2) is 212 Å². The van der Waals surface area contributed by atoms with Crippen molar-refractivity contribution >= 4 is 59.8 Å². The fourth-order valence-corrected chi connectivity index (χ4v) is 10.7. The Labute approximate surface area is 348 Å². The quantitative estimate of drug-likeness (QED) is 0.167. The van der Waals surface area contributed by atoms with Crippen LogP contribution in [0, 0.1) is 0 Å². The van der Waals surface area contributed by atoms with Gasteiger partial charge in [0.1, 0.15) is 5.69 Å². The monoisotopic (exact) mass is 766 g/mol. The molecule has 10 aromatic carbocycles. The molecule has 3 heteroatoms. The molecule has 0 radical (unpaired) electrons. The number of hydrogen-bond acceptors (Lipinski definition) is 1.